The lowest BCUT2D eigenvalue weighted by atomic mass is 10.1. The number of carbonyl (C=O) groups is 1. The summed E-state index contributed by atoms with van der Waals surface area (Å²) in [6.45, 7) is 2.22. The maximum atomic E-state index is 11.9. The Morgan fingerprint density at radius 2 is 1.92 bits per heavy atom. The number of ether oxygens (including phenoxy) is 3. The van der Waals surface area contributed by atoms with Crippen molar-refractivity contribution >= 4 is 11.5 Å². The number of para-hydroxylation sites is 1. The lowest BCUT2D eigenvalue weighted by Gasteiger charge is -2.11. The van der Waals surface area contributed by atoms with Crippen molar-refractivity contribution in [2.75, 3.05) is 20.8 Å². The lowest BCUT2D eigenvalue weighted by Crippen LogP contribution is -2.07. The van der Waals surface area contributed by atoms with Gasteiger partial charge in [0.15, 0.2) is 0 Å². The minimum atomic E-state index is -0.497. The van der Waals surface area contributed by atoms with E-state index in [-0.39, 0.29) is 12.2 Å². The highest BCUT2D eigenvalue weighted by atomic mass is 16.5. The number of hydrogen-bond donors (Lipinski definition) is 0. The second-order valence-corrected chi connectivity index (χ2v) is 5.21. The first kappa shape index (κ1) is 18.2. The van der Waals surface area contributed by atoms with Crippen molar-refractivity contribution in [3.63, 3.8) is 0 Å². The number of carbonyl (C=O) groups excluding carboxylic acids is 1. The highest BCUT2D eigenvalue weighted by Crippen LogP contribution is 2.26. The van der Waals surface area contributed by atoms with Crippen LogP contribution in [0.3, 0.4) is 0 Å². The molecule has 4 nitrogen and oxygen atoms in total. The largest absolute Gasteiger partial charge is 0.503 e. The van der Waals surface area contributed by atoms with Gasteiger partial charge in [-0.1, -0.05) is 42.2 Å². The van der Waals surface area contributed by atoms with Gasteiger partial charge in [0.1, 0.15) is 17.9 Å². The normalized spacial score (nSPS) is 10.4. The summed E-state index contributed by atoms with van der Waals surface area (Å²) in [5.74, 6) is 6.08. The standard InChI is InChI=1S/C21H20O4/c1-16-8-6-9-17(14-16)10-7-13-25-20-12-5-4-11-18(20)19(15-23-2)21(22)24-3/h4-6,8-9,11-12,14-15H,13H2,1-3H3. The minimum absolute atomic E-state index is 0.201. The molecule has 2 aromatic rings. The van der Waals surface area contributed by atoms with Gasteiger partial charge in [0.05, 0.1) is 20.5 Å². The fourth-order valence-corrected chi connectivity index (χ4v) is 2.24. The van der Waals surface area contributed by atoms with Gasteiger partial charge < -0.3 is 14.2 Å². The molecule has 0 aliphatic heterocycles. The fourth-order valence-electron chi connectivity index (χ4n) is 2.24. The van der Waals surface area contributed by atoms with Crippen LogP contribution in [0.2, 0.25) is 0 Å². The molecule has 0 spiro atoms. The second-order valence-electron chi connectivity index (χ2n) is 5.21. The topological polar surface area (TPSA) is 44.8 Å². The third-order valence-electron chi connectivity index (χ3n) is 3.37. The van der Waals surface area contributed by atoms with E-state index in [2.05, 4.69) is 11.8 Å². The van der Waals surface area contributed by atoms with Gasteiger partial charge in [-0.3, -0.25) is 0 Å². The van der Waals surface area contributed by atoms with Crippen molar-refractivity contribution in [2.24, 2.45) is 0 Å². The van der Waals surface area contributed by atoms with E-state index < -0.39 is 5.97 Å². The van der Waals surface area contributed by atoms with Crippen LogP contribution < -0.4 is 4.74 Å². The first-order valence-electron chi connectivity index (χ1n) is 7.74. The average molecular weight is 336 g/mol. The maximum absolute atomic E-state index is 11.9. The van der Waals surface area contributed by atoms with Crippen molar-refractivity contribution in [3.8, 4) is 17.6 Å². The van der Waals surface area contributed by atoms with E-state index in [9.17, 15) is 4.79 Å². The number of aryl methyl sites for hydroxylation is 1. The molecule has 0 fully saturated rings. The third kappa shape index (κ3) is 5.15. The number of rotatable bonds is 5. The van der Waals surface area contributed by atoms with E-state index in [1.165, 1.54) is 20.5 Å². The minimum Gasteiger partial charge on any atom is -0.503 e. The van der Waals surface area contributed by atoms with Crippen LogP contribution in [0.25, 0.3) is 5.57 Å². The molecule has 0 aromatic heterocycles. The summed E-state index contributed by atoms with van der Waals surface area (Å²) in [6.07, 6.45) is 1.34. The molecule has 0 saturated carbocycles. The Balaban J connectivity index is 2.16. The zero-order chi connectivity index (χ0) is 18.1. The van der Waals surface area contributed by atoms with Crippen molar-refractivity contribution in [1.82, 2.24) is 0 Å². The van der Waals surface area contributed by atoms with E-state index in [1.807, 2.05) is 43.3 Å². The second kappa shape index (κ2) is 9.19. The van der Waals surface area contributed by atoms with Crippen LogP contribution in [-0.2, 0) is 14.3 Å². The Kier molecular flexibility index (Phi) is 6.67. The first-order chi connectivity index (χ1) is 12.2. The van der Waals surface area contributed by atoms with Gasteiger partial charge >= 0.3 is 5.97 Å². The van der Waals surface area contributed by atoms with Crippen LogP contribution in [0.5, 0.6) is 5.75 Å². The predicted molar refractivity (Wildman–Crippen MR) is 97.0 cm³/mol. The molecular weight excluding hydrogens is 316 g/mol. The summed E-state index contributed by atoms with van der Waals surface area (Å²) in [4.78, 5) is 11.9. The molecule has 0 heterocycles. The summed E-state index contributed by atoms with van der Waals surface area (Å²) in [7, 11) is 2.79. The Labute approximate surface area is 148 Å². The Hall–Kier alpha value is -3.19. The Morgan fingerprint density at radius 3 is 2.64 bits per heavy atom. The van der Waals surface area contributed by atoms with Crippen molar-refractivity contribution in [1.29, 1.82) is 0 Å². The summed E-state index contributed by atoms with van der Waals surface area (Å²) in [6, 6.07) is 15.1. The molecule has 0 unspecified atom stereocenters. The van der Waals surface area contributed by atoms with Gasteiger partial charge in [-0.05, 0) is 30.7 Å². The van der Waals surface area contributed by atoms with Gasteiger partial charge in [-0.2, -0.15) is 0 Å². The zero-order valence-electron chi connectivity index (χ0n) is 14.5. The van der Waals surface area contributed by atoms with Gasteiger partial charge in [-0.25, -0.2) is 4.79 Å². The molecular formula is C21H20O4. The lowest BCUT2D eigenvalue weighted by molar-refractivity contribution is -0.133. The van der Waals surface area contributed by atoms with Crippen LogP contribution in [0.15, 0.2) is 54.8 Å². The molecule has 0 bridgehead atoms. The summed E-state index contributed by atoms with van der Waals surface area (Å²) in [5.41, 5.74) is 2.97. The maximum Gasteiger partial charge on any atom is 0.341 e. The molecule has 0 N–H and O–H groups in total. The molecule has 2 rings (SSSR count). The highest BCUT2D eigenvalue weighted by Gasteiger charge is 2.17. The zero-order valence-corrected chi connectivity index (χ0v) is 14.5. The van der Waals surface area contributed by atoms with Crippen molar-refractivity contribution in [2.45, 2.75) is 6.92 Å². The Bertz CT molecular complexity index is 825. The summed E-state index contributed by atoms with van der Waals surface area (Å²) >= 11 is 0. The quantitative estimate of drug-likeness (QED) is 0.362. The van der Waals surface area contributed by atoms with Gasteiger partial charge in [0.25, 0.3) is 0 Å². The van der Waals surface area contributed by atoms with Crippen molar-refractivity contribution in [3.05, 3.63) is 71.5 Å². The summed E-state index contributed by atoms with van der Waals surface area (Å²) in [5, 5.41) is 0. The summed E-state index contributed by atoms with van der Waals surface area (Å²) < 4.78 is 15.5. The van der Waals surface area contributed by atoms with E-state index >= 15 is 0 Å². The van der Waals surface area contributed by atoms with Crippen LogP contribution in [-0.4, -0.2) is 26.8 Å². The number of benzene rings is 2. The highest BCUT2D eigenvalue weighted by molar-refractivity contribution is 6.16. The molecule has 0 aliphatic carbocycles. The SMILES string of the molecule is COC=C(C(=O)OC)c1ccccc1OCC#Cc1cccc(C)c1. The van der Waals surface area contributed by atoms with Crippen LogP contribution in [0.1, 0.15) is 16.7 Å². The van der Waals surface area contributed by atoms with E-state index in [0.29, 0.717) is 11.3 Å². The van der Waals surface area contributed by atoms with Gasteiger partial charge in [0, 0.05) is 11.1 Å². The average Bonchev–Trinajstić information content (AvgIpc) is 2.63. The smallest absolute Gasteiger partial charge is 0.341 e. The molecule has 25 heavy (non-hydrogen) atoms. The molecule has 0 aliphatic rings. The Morgan fingerprint density at radius 1 is 1.12 bits per heavy atom. The molecule has 4 heteroatoms. The third-order valence-corrected chi connectivity index (χ3v) is 3.37. The number of esters is 1. The molecule has 128 valence electrons. The number of hydrogen-bond acceptors (Lipinski definition) is 4. The van der Waals surface area contributed by atoms with Crippen molar-refractivity contribution < 1.29 is 19.0 Å². The fraction of sp³-hybridized carbons (Fsp3) is 0.190. The molecule has 0 amide bonds. The van der Waals surface area contributed by atoms with E-state index in [0.717, 1.165) is 11.1 Å². The predicted octanol–water partition coefficient (Wildman–Crippen LogP) is 3.59. The van der Waals surface area contributed by atoms with Gasteiger partial charge in [0.2, 0.25) is 0 Å². The molecule has 0 atom stereocenters. The molecule has 0 radical (unpaired) electrons. The first-order valence-corrected chi connectivity index (χ1v) is 7.74. The van der Waals surface area contributed by atoms with E-state index in [1.54, 1.807) is 12.1 Å². The van der Waals surface area contributed by atoms with Gasteiger partial charge in [-0.15, -0.1) is 0 Å². The van der Waals surface area contributed by atoms with Crippen LogP contribution >= 0.6 is 0 Å². The monoisotopic (exact) mass is 336 g/mol. The molecule has 0 saturated heterocycles. The number of methoxy groups -OCH3 is 2. The van der Waals surface area contributed by atoms with E-state index in [4.69, 9.17) is 14.2 Å². The van der Waals surface area contributed by atoms with Crippen LogP contribution in [0.4, 0.5) is 0 Å². The van der Waals surface area contributed by atoms with Crippen LogP contribution in [0, 0.1) is 18.8 Å². The molecule has 2 aromatic carbocycles.